The number of nitrogens with one attached hydrogen (secondary N) is 1. The van der Waals surface area contributed by atoms with Crippen LogP contribution in [0.3, 0.4) is 0 Å². The molecule has 8 heteroatoms. The van der Waals surface area contributed by atoms with E-state index in [4.69, 9.17) is 19.4 Å². The van der Waals surface area contributed by atoms with Crippen molar-refractivity contribution < 1.29 is 14.3 Å². The fourth-order valence-electron chi connectivity index (χ4n) is 4.48. The Morgan fingerprint density at radius 2 is 1.79 bits per heavy atom. The second-order valence-electron chi connectivity index (χ2n) is 8.44. The van der Waals surface area contributed by atoms with Gasteiger partial charge in [-0.05, 0) is 18.2 Å². The molecule has 1 fully saturated rings. The van der Waals surface area contributed by atoms with E-state index in [9.17, 15) is 4.79 Å². The zero-order valence-electron chi connectivity index (χ0n) is 19.4. The van der Waals surface area contributed by atoms with Crippen molar-refractivity contribution in [2.24, 2.45) is 0 Å². The molecule has 3 heterocycles. The number of nitrogens with zero attached hydrogens (tertiary/aromatic N) is 4. The molecule has 2 aliphatic heterocycles. The molecule has 0 unspecified atom stereocenters. The van der Waals surface area contributed by atoms with Crippen LogP contribution < -0.4 is 15.0 Å². The minimum absolute atomic E-state index is 0.108. The maximum atomic E-state index is 13.0. The van der Waals surface area contributed by atoms with Crippen molar-refractivity contribution in [3.05, 3.63) is 77.2 Å². The maximum Gasteiger partial charge on any atom is 0.322 e. The molecule has 1 aromatic heterocycles. The summed E-state index contributed by atoms with van der Waals surface area (Å²) >= 11 is 0. The van der Waals surface area contributed by atoms with Gasteiger partial charge in [0.1, 0.15) is 17.4 Å². The summed E-state index contributed by atoms with van der Waals surface area (Å²) in [4.78, 5) is 27.0. The van der Waals surface area contributed by atoms with Crippen molar-refractivity contribution in [1.29, 1.82) is 0 Å². The number of para-hydroxylation sites is 2. The van der Waals surface area contributed by atoms with E-state index >= 15 is 0 Å². The summed E-state index contributed by atoms with van der Waals surface area (Å²) in [5, 5.41) is 3.00. The zero-order valence-corrected chi connectivity index (χ0v) is 19.4. The van der Waals surface area contributed by atoms with E-state index < -0.39 is 0 Å². The SMILES string of the molecule is COc1ccccc1Cc1nc2c(c(N3CCOCC3)n1)CN(C(=O)Nc1ccccc1)CC2. The fourth-order valence-corrected chi connectivity index (χ4v) is 4.48. The summed E-state index contributed by atoms with van der Waals surface area (Å²) in [5.41, 5.74) is 3.89. The average Bonchev–Trinajstić information content (AvgIpc) is 2.89. The van der Waals surface area contributed by atoms with Gasteiger partial charge in [-0.25, -0.2) is 14.8 Å². The van der Waals surface area contributed by atoms with Crippen LogP contribution in [0.2, 0.25) is 0 Å². The summed E-state index contributed by atoms with van der Waals surface area (Å²) in [5.74, 6) is 2.52. The van der Waals surface area contributed by atoms with Crippen LogP contribution in [0, 0.1) is 0 Å². The van der Waals surface area contributed by atoms with Crippen molar-refractivity contribution in [2.45, 2.75) is 19.4 Å². The van der Waals surface area contributed by atoms with Crippen LogP contribution >= 0.6 is 0 Å². The molecule has 176 valence electrons. The van der Waals surface area contributed by atoms with Crippen LogP contribution in [0.15, 0.2) is 54.6 Å². The largest absolute Gasteiger partial charge is 0.496 e. The third-order valence-corrected chi connectivity index (χ3v) is 6.25. The zero-order chi connectivity index (χ0) is 23.3. The number of urea groups is 1. The lowest BCUT2D eigenvalue weighted by molar-refractivity contribution is 0.122. The number of hydrogen-bond donors (Lipinski definition) is 1. The lowest BCUT2D eigenvalue weighted by Crippen LogP contribution is -2.42. The van der Waals surface area contributed by atoms with Crippen LogP contribution in [0.1, 0.15) is 22.6 Å². The molecule has 0 atom stereocenters. The molecule has 2 aromatic carbocycles. The lowest BCUT2D eigenvalue weighted by atomic mass is 10.0. The summed E-state index contributed by atoms with van der Waals surface area (Å²) in [6.07, 6.45) is 1.28. The van der Waals surface area contributed by atoms with Gasteiger partial charge < -0.3 is 24.6 Å². The highest BCUT2D eigenvalue weighted by atomic mass is 16.5. The first kappa shape index (κ1) is 22.2. The lowest BCUT2D eigenvalue weighted by Gasteiger charge is -2.34. The van der Waals surface area contributed by atoms with Gasteiger partial charge in [-0.3, -0.25) is 0 Å². The monoisotopic (exact) mass is 459 g/mol. The molecular weight excluding hydrogens is 430 g/mol. The Balaban J connectivity index is 1.43. The van der Waals surface area contributed by atoms with E-state index in [0.29, 0.717) is 39.1 Å². The predicted molar refractivity (Wildman–Crippen MR) is 130 cm³/mol. The van der Waals surface area contributed by atoms with Gasteiger partial charge >= 0.3 is 6.03 Å². The molecule has 8 nitrogen and oxygen atoms in total. The number of amides is 2. The molecule has 0 spiro atoms. The molecule has 0 aliphatic carbocycles. The van der Waals surface area contributed by atoms with Gasteiger partial charge in [0.2, 0.25) is 0 Å². The van der Waals surface area contributed by atoms with Gasteiger partial charge in [0.05, 0.1) is 32.6 Å². The van der Waals surface area contributed by atoms with Gasteiger partial charge in [0.25, 0.3) is 0 Å². The highest BCUT2D eigenvalue weighted by molar-refractivity contribution is 5.89. The predicted octanol–water partition coefficient (Wildman–Crippen LogP) is 3.50. The number of carbonyl (C=O) groups excluding carboxylic acids is 1. The minimum atomic E-state index is -0.108. The Labute approximate surface area is 199 Å². The number of ether oxygens (including phenoxy) is 2. The van der Waals surface area contributed by atoms with E-state index in [2.05, 4.69) is 10.2 Å². The highest BCUT2D eigenvalue weighted by Gasteiger charge is 2.28. The first-order valence-corrected chi connectivity index (χ1v) is 11.7. The Morgan fingerprint density at radius 3 is 2.59 bits per heavy atom. The number of carbonyl (C=O) groups is 1. The van der Waals surface area contributed by atoms with Gasteiger partial charge in [0, 0.05) is 49.3 Å². The van der Waals surface area contributed by atoms with E-state index in [1.54, 1.807) is 7.11 Å². The molecule has 0 saturated carbocycles. The van der Waals surface area contributed by atoms with Crippen LogP contribution in [-0.2, 0) is 24.1 Å². The maximum absolute atomic E-state index is 13.0. The van der Waals surface area contributed by atoms with Gasteiger partial charge in [0.15, 0.2) is 0 Å². The Hall–Kier alpha value is -3.65. The number of aromatic nitrogens is 2. The topological polar surface area (TPSA) is 79.8 Å². The Kier molecular flexibility index (Phi) is 6.58. The second-order valence-corrected chi connectivity index (χ2v) is 8.44. The van der Waals surface area contributed by atoms with Gasteiger partial charge in [-0.15, -0.1) is 0 Å². The second kappa shape index (κ2) is 10.1. The summed E-state index contributed by atoms with van der Waals surface area (Å²) in [6, 6.07) is 17.4. The molecule has 0 bridgehead atoms. The van der Waals surface area contributed by atoms with Gasteiger partial charge in [-0.2, -0.15) is 0 Å². The van der Waals surface area contributed by atoms with Crippen molar-refractivity contribution in [1.82, 2.24) is 14.9 Å². The van der Waals surface area contributed by atoms with Crippen molar-refractivity contribution >= 4 is 17.5 Å². The Bertz CT molecular complexity index is 1150. The number of rotatable bonds is 5. The molecule has 1 N–H and O–H groups in total. The normalized spacial score (nSPS) is 15.6. The van der Waals surface area contributed by atoms with Crippen LogP contribution in [-0.4, -0.2) is 60.9 Å². The number of fused-ring (bicyclic) bond motifs is 1. The van der Waals surface area contributed by atoms with E-state index in [-0.39, 0.29) is 6.03 Å². The number of morpholine rings is 1. The third kappa shape index (κ3) is 4.82. The van der Waals surface area contributed by atoms with Crippen LogP contribution in [0.5, 0.6) is 5.75 Å². The summed E-state index contributed by atoms with van der Waals surface area (Å²) < 4.78 is 11.1. The number of benzene rings is 2. The van der Waals surface area contributed by atoms with Crippen molar-refractivity contribution in [3.63, 3.8) is 0 Å². The molecule has 2 aliphatic rings. The van der Waals surface area contributed by atoms with Crippen LogP contribution in [0.25, 0.3) is 0 Å². The molecule has 2 amide bonds. The first-order valence-electron chi connectivity index (χ1n) is 11.7. The van der Waals surface area contributed by atoms with E-state index in [1.807, 2.05) is 59.5 Å². The fraction of sp³-hybridized carbons (Fsp3) is 0.346. The third-order valence-electron chi connectivity index (χ3n) is 6.25. The Morgan fingerprint density at radius 1 is 1.03 bits per heavy atom. The van der Waals surface area contributed by atoms with E-state index in [0.717, 1.165) is 53.0 Å². The quantitative estimate of drug-likeness (QED) is 0.629. The first-order chi connectivity index (χ1) is 16.7. The average molecular weight is 460 g/mol. The number of hydrogen-bond acceptors (Lipinski definition) is 6. The molecule has 34 heavy (non-hydrogen) atoms. The molecular formula is C26H29N5O3. The van der Waals surface area contributed by atoms with Crippen LogP contribution in [0.4, 0.5) is 16.3 Å². The highest BCUT2D eigenvalue weighted by Crippen LogP contribution is 2.29. The molecule has 1 saturated heterocycles. The van der Waals surface area contributed by atoms with E-state index in [1.165, 1.54) is 0 Å². The minimum Gasteiger partial charge on any atom is -0.496 e. The van der Waals surface area contributed by atoms with Crippen molar-refractivity contribution in [2.75, 3.05) is 50.2 Å². The molecule has 3 aromatic rings. The summed E-state index contributed by atoms with van der Waals surface area (Å²) in [6.45, 7) is 3.97. The number of anilines is 2. The summed E-state index contributed by atoms with van der Waals surface area (Å²) in [7, 11) is 1.68. The smallest absolute Gasteiger partial charge is 0.322 e. The molecule has 0 radical (unpaired) electrons. The van der Waals surface area contributed by atoms with Gasteiger partial charge in [-0.1, -0.05) is 36.4 Å². The molecule has 5 rings (SSSR count). The van der Waals surface area contributed by atoms with Crippen molar-refractivity contribution in [3.8, 4) is 5.75 Å². The standard InChI is InChI=1S/C26H29N5O3/c1-33-23-10-6-5-7-19(23)17-24-28-22-11-12-31(26(32)27-20-8-3-2-4-9-20)18-21(22)25(29-24)30-13-15-34-16-14-30/h2-10H,11-18H2,1H3,(H,27,32). The number of methoxy groups -OCH3 is 1.